The third-order valence-electron chi connectivity index (χ3n) is 2.40. The molecular formula is C12H15BrN4S. The molecule has 0 aliphatic carbocycles. The lowest BCUT2D eigenvalue weighted by Crippen LogP contribution is -2.16. The summed E-state index contributed by atoms with van der Waals surface area (Å²) in [6.07, 6.45) is 0. The third-order valence-corrected chi connectivity index (χ3v) is 5.35. The predicted molar refractivity (Wildman–Crippen MR) is 77.5 cm³/mol. The van der Waals surface area contributed by atoms with Gasteiger partial charge in [0.05, 0.1) is 5.69 Å². The van der Waals surface area contributed by atoms with E-state index in [4.69, 9.17) is 0 Å². The van der Waals surface area contributed by atoms with Crippen molar-refractivity contribution >= 4 is 27.7 Å². The van der Waals surface area contributed by atoms with Gasteiger partial charge >= 0.3 is 0 Å². The Hall–Kier alpha value is -0.880. The zero-order valence-corrected chi connectivity index (χ0v) is 12.8. The molecule has 0 spiro atoms. The van der Waals surface area contributed by atoms with Crippen molar-refractivity contribution in [3.8, 4) is 5.69 Å². The third kappa shape index (κ3) is 3.32. The summed E-state index contributed by atoms with van der Waals surface area (Å²) in [4.78, 5) is 0. The molecular weight excluding hydrogens is 312 g/mol. The van der Waals surface area contributed by atoms with Crippen LogP contribution in [0, 0.1) is 5.41 Å². The minimum atomic E-state index is 0.220. The second kappa shape index (κ2) is 5.84. The van der Waals surface area contributed by atoms with Gasteiger partial charge in [0.15, 0.2) is 0 Å². The molecule has 1 aromatic heterocycles. The maximum Gasteiger partial charge on any atom is 0.214 e. The summed E-state index contributed by atoms with van der Waals surface area (Å²) in [5.41, 5.74) is 1.21. The number of halogens is 1. The largest absolute Gasteiger partial charge is 0.214 e. The highest BCUT2D eigenvalue weighted by Crippen LogP contribution is 2.28. The fraction of sp³-hybridized carbons (Fsp3) is 0.417. The standard InChI is InChI=1S/C12H15BrN4S/c1-12(2,8-13)9-18-11-14-15-16-17(11)10-6-4-3-5-7-10/h3-7H,8-9H2,1-2H3. The van der Waals surface area contributed by atoms with Gasteiger partial charge in [0.25, 0.3) is 0 Å². The molecule has 96 valence electrons. The molecule has 1 aromatic carbocycles. The Morgan fingerprint density at radius 1 is 1.28 bits per heavy atom. The lowest BCUT2D eigenvalue weighted by molar-refractivity contribution is 0.495. The molecule has 2 aromatic rings. The van der Waals surface area contributed by atoms with Gasteiger partial charge in [-0.25, -0.2) is 0 Å². The smallest absolute Gasteiger partial charge is 0.188 e. The Kier molecular flexibility index (Phi) is 4.40. The fourth-order valence-corrected chi connectivity index (χ4v) is 2.74. The van der Waals surface area contributed by atoms with Gasteiger partial charge in [0.1, 0.15) is 0 Å². The van der Waals surface area contributed by atoms with Crippen LogP contribution in [0.4, 0.5) is 0 Å². The molecule has 0 atom stereocenters. The van der Waals surface area contributed by atoms with E-state index in [1.807, 2.05) is 30.3 Å². The van der Waals surface area contributed by atoms with Crippen molar-refractivity contribution < 1.29 is 0 Å². The van der Waals surface area contributed by atoms with Crippen molar-refractivity contribution in [2.24, 2.45) is 5.41 Å². The van der Waals surface area contributed by atoms with Crippen LogP contribution in [0.2, 0.25) is 0 Å². The molecule has 0 unspecified atom stereocenters. The molecule has 0 fully saturated rings. The van der Waals surface area contributed by atoms with E-state index >= 15 is 0 Å². The molecule has 6 heteroatoms. The number of hydrogen-bond donors (Lipinski definition) is 0. The predicted octanol–water partition coefficient (Wildman–Crippen LogP) is 3.18. The van der Waals surface area contributed by atoms with Crippen LogP contribution in [0.25, 0.3) is 5.69 Å². The summed E-state index contributed by atoms with van der Waals surface area (Å²) in [7, 11) is 0. The Labute approximate surface area is 119 Å². The van der Waals surface area contributed by atoms with E-state index in [2.05, 4.69) is 45.3 Å². The monoisotopic (exact) mass is 326 g/mol. The Morgan fingerprint density at radius 3 is 2.67 bits per heavy atom. The normalized spacial score (nSPS) is 11.7. The number of nitrogens with zero attached hydrogens (tertiary/aromatic N) is 4. The molecule has 0 aliphatic heterocycles. The van der Waals surface area contributed by atoms with Gasteiger partial charge in [-0.1, -0.05) is 59.7 Å². The average Bonchev–Trinajstić information content (AvgIpc) is 2.86. The highest BCUT2D eigenvalue weighted by molar-refractivity contribution is 9.09. The number of thioether (sulfide) groups is 1. The summed E-state index contributed by atoms with van der Waals surface area (Å²) in [5.74, 6) is 0.964. The number of para-hydroxylation sites is 1. The summed E-state index contributed by atoms with van der Waals surface area (Å²) in [6, 6.07) is 9.93. The molecule has 0 aliphatic rings. The van der Waals surface area contributed by atoms with Crippen molar-refractivity contribution in [2.45, 2.75) is 19.0 Å². The first kappa shape index (κ1) is 13.5. The minimum Gasteiger partial charge on any atom is -0.188 e. The highest BCUT2D eigenvalue weighted by atomic mass is 79.9. The fourth-order valence-electron chi connectivity index (χ4n) is 1.30. The molecule has 18 heavy (non-hydrogen) atoms. The van der Waals surface area contributed by atoms with Gasteiger partial charge < -0.3 is 0 Å². The number of alkyl halides is 1. The number of aromatic nitrogens is 4. The van der Waals surface area contributed by atoms with Crippen LogP contribution >= 0.6 is 27.7 Å². The second-order valence-corrected chi connectivity index (χ2v) is 6.30. The van der Waals surface area contributed by atoms with Crippen LogP contribution in [0.15, 0.2) is 35.5 Å². The van der Waals surface area contributed by atoms with Crippen molar-refractivity contribution in [3.05, 3.63) is 30.3 Å². The molecule has 0 radical (unpaired) electrons. The van der Waals surface area contributed by atoms with Crippen molar-refractivity contribution in [1.82, 2.24) is 20.2 Å². The molecule has 2 rings (SSSR count). The van der Waals surface area contributed by atoms with Crippen LogP contribution in [0.5, 0.6) is 0 Å². The van der Waals surface area contributed by atoms with Gasteiger partial charge in [-0.2, -0.15) is 4.68 Å². The number of benzene rings is 1. The molecule has 0 saturated heterocycles. The first-order chi connectivity index (χ1) is 8.62. The molecule has 0 amide bonds. The molecule has 1 heterocycles. The van der Waals surface area contributed by atoms with Gasteiger partial charge in [0.2, 0.25) is 5.16 Å². The Balaban J connectivity index is 2.14. The van der Waals surface area contributed by atoms with Crippen LogP contribution < -0.4 is 0 Å². The van der Waals surface area contributed by atoms with Gasteiger partial charge in [-0.05, 0) is 28.0 Å². The van der Waals surface area contributed by atoms with Crippen LogP contribution in [-0.4, -0.2) is 31.3 Å². The summed E-state index contributed by atoms with van der Waals surface area (Å²) < 4.78 is 1.77. The number of rotatable bonds is 5. The Bertz CT molecular complexity index is 498. The van der Waals surface area contributed by atoms with Crippen molar-refractivity contribution in [3.63, 3.8) is 0 Å². The lowest BCUT2D eigenvalue weighted by atomic mass is 10.0. The highest BCUT2D eigenvalue weighted by Gasteiger charge is 2.19. The molecule has 0 N–H and O–H groups in total. The zero-order chi connectivity index (χ0) is 13.0. The van der Waals surface area contributed by atoms with Crippen LogP contribution in [0.1, 0.15) is 13.8 Å². The van der Waals surface area contributed by atoms with E-state index in [1.54, 1.807) is 16.4 Å². The van der Waals surface area contributed by atoms with Gasteiger partial charge in [-0.15, -0.1) is 5.10 Å². The van der Waals surface area contributed by atoms with E-state index < -0.39 is 0 Å². The zero-order valence-electron chi connectivity index (χ0n) is 10.4. The van der Waals surface area contributed by atoms with Gasteiger partial charge in [0, 0.05) is 11.1 Å². The number of hydrogen-bond acceptors (Lipinski definition) is 4. The number of tetrazole rings is 1. The first-order valence-corrected chi connectivity index (χ1v) is 7.76. The minimum absolute atomic E-state index is 0.220. The van der Waals surface area contributed by atoms with E-state index in [0.717, 1.165) is 21.9 Å². The SMILES string of the molecule is CC(C)(CBr)CSc1nnnn1-c1ccccc1. The maximum absolute atomic E-state index is 4.08. The summed E-state index contributed by atoms with van der Waals surface area (Å²) in [6.45, 7) is 4.43. The quantitative estimate of drug-likeness (QED) is 0.625. The van der Waals surface area contributed by atoms with E-state index in [-0.39, 0.29) is 5.41 Å². The Morgan fingerprint density at radius 2 is 2.00 bits per heavy atom. The summed E-state index contributed by atoms with van der Waals surface area (Å²) >= 11 is 5.20. The first-order valence-electron chi connectivity index (χ1n) is 5.65. The average molecular weight is 327 g/mol. The molecule has 4 nitrogen and oxygen atoms in total. The van der Waals surface area contributed by atoms with E-state index in [0.29, 0.717) is 0 Å². The van der Waals surface area contributed by atoms with E-state index in [9.17, 15) is 0 Å². The topological polar surface area (TPSA) is 43.6 Å². The van der Waals surface area contributed by atoms with Crippen LogP contribution in [0.3, 0.4) is 0 Å². The molecule has 0 saturated carbocycles. The van der Waals surface area contributed by atoms with Gasteiger partial charge in [-0.3, -0.25) is 0 Å². The van der Waals surface area contributed by atoms with E-state index in [1.165, 1.54) is 0 Å². The summed E-state index contributed by atoms with van der Waals surface area (Å²) in [5, 5.41) is 13.7. The molecule has 0 bridgehead atoms. The van der Waals surface area contributed by atoms with Crippen molar-refractivity contribution in [2.75, 3.05) is 11.1 Å². The second-order valence-electron chi connectivity index (χ2n) is 4.80. The maximum atomic E-state index is 4.08. The van der Waals surface area contributed by atoms with Crippen molar-refractivity contribution in [1.29, 1.82) is 0 Å². The van der Waals surface area contributed by atoms with Crippen LogP contribution in [-0.2, 0) is 0 Å². The lowest BCUT2D eigenvalue weighted by Gasteiger charge is -2.20.